The molecule has 0 spiro atoms. The van der Waals surface area contributed by atoms with Crippen molar-refractivity contribution in [1.29, 1.82) is 0 Å². The Bertz CT molecular complexity index is 1870. The Kier molecular flexibility index (Phi) is 15.6. The number of esters is 2. The van der Waals surface area contributed by atoms with E-state index in [2.05, 4.69) is 10.0 Å². The molecule has 2 N–H and O–H groups in total. The topological polar surface area (TPSA) is 195 Å². The number of sulfonamides is 1. The van der Waals surface area contributed by atoms with Gasteiger partial charge in [0.15, 0.2) is 0 Å². The van der Waals surface area contributed by atoms with E-state index in [4.69, 9.17) is 14.2 Å². The highest BCUT2D eigenvalue weighted by molar-refractivity contribution is 8.05. The summed E-state index contributed by atoms with van der Waals surface area (Å²) in [6.07, 6.45) is -1.14. The van der Waals surface area contributed by atoms with E-state index < -0.39 is 73.5 Å². The Morgan fingerprint density at radius 1 is 0.873 bits per heavy atom. The van der Waals surface area contributed by atoms with Gasteiger partial charge in [-0.05, 0) is 60.6 Å². The third-order valence-electron chi connectivity index (χ3n) is 8.06. The molecule has 2 unspecified atom stereocenters. The number of ketones is 1. The summed E-state index contributed by atoms with van der Waals surface area (Å²) in [7, 11) is 0.725. The standard InChI is InChI=1S/C37H52N4O11S3/c1-22(42)23(19-29(43)51-36(2,3)4)20-53-30-31(54-21-26(34(46)50-10)39-35(47)52-37(5,6)7)33(45)41(32(30)44)18-17-38-55(48,49)28-16-12-13-24-25(28)14-11-15-27(24)40(8)9/h11-16,23,26,30-31,38H,17-21H2,1-10H3,(H,39,47)/t23-,26-,30?,31?/m0/s1. The molecule has 3 amide bonds. The molecular weight excluding hydrogens is 773 g/mol. The highest BCUT2D eigenvalue weighted by Crippen LogP contribution is 2.36. The van der Waals surface area contributed by atoms with Gasteiger partial charge in [-0.3, -0.25) is 24.1 Å². The second-order valence-corrected chi connectivity index (χ2v) is 19.2. The maximum atomic E-state index is 13.9. The van der Waals surface area contributed by atoms with Gasteiger partial charge in [0.2, 0.25) is 21.8 Å². The SMILES string of the molecule is COC(=O)[C@H](CSC1C(=O)N(CCNS(=O)(=O)c2cccc3c(N(C)C)cccc23)C(=O)C1SC[C@H](CC(=O)OC(C)(C)C)C(C)=O)NC(=O)OC(C)(C)C. The van der Waals surface area contributed by atoms with Crippen molar-refractivity contribution >= 4 is 85.6 Å². The van der Waals surface area contributed by atoms with Crippen molar-refractivity contribution in [2.45, 2.75) is 87.5 Å². The summed E-state index contributed by atoms with van der Waals surface area (Å²) < 4.78 is 45.2. The Morgan fingerprint density at radius 3 is 1.98 bits per heavy atom. The van der Waals surface area contributed by atoms with Crippen LogP contribution in [0.1, 0.15) is 54.9 Å². The minimum absolute atomic E-state index is 0.0115. The first-order chi connectivity index (χ1) is 25.5. The lowest BCUT2D eigenvalue weighted by Gasteiger charge is -2.24. The molecule has 1 aliphatic rings. The van der Waals surface area contributed by atoms with Crippen molar-refractivity contribution in [1.82, 2.24) is 14.9 Å². The second kappa shape index (κ2) is 18.8. The van der Waals surface area contributed by atoms with Crippen molar-refractivity contribution in [3.8, 4) is 0 Å². The predicted molar refractivity (Wildman–Crippen MR) is 212 cm³/mol. The number of carbonyl (C=O) groups is 6. The molecule has 1 saturated heterocycles. The van der Waals surface area contributed by atoms with Crippen LogP contribution in [0, 0.1) is 5.92 Å². The van der Waals surface area contributed by atoms with Gasteiger partial charge in [-0.2, -0.15) is 0 Å². The van der Waals surface area contributed by atoms with Gasteiger partial charge in [-0.25, -0.2) is 22.7 Å². The highest BCUT2D eigenvalue weighted by atomic mass is 32.2. The molecule has 304 valence electrons. The van der Waals surface area contributed by atoms with Gasteiger partial charge in [0.25, 0.3) is 0 Å². The lowest BCUT2D eigenvalue weighted by atomic mass is 10.0. The number of anilines is 1. The van der Waals surface area contributed by atoms with Gasteiger partial charge in [0.1, 0.15) is 33.5 Å². The van der Waals surface area contributed by atoms with E-state index in [1.54, 1.807) is 59.7 Å². The number of nitrogens with one attached hydrogen (secondary N) is 2. The molecule has 0 bridgehead atoms. The summed E-state index contributed by atoms with van der Waals surface area (Å²) in [6.45, 7) is 10.7. The highest BCUT2D eigenvalue weighted by Gasteiger charge is 2.49. The summed E-state index contributed by atoms with van der Waals surface area (Å²) in [5, 5.41) is 1.47. The fraction of sp³-hybridized carbons (Fsp3) is 0.568. The van der Waals surface area contributed by atoms with E-state index in [0.29, 0.717) is 5.39 Å². The molecule has 2 aromatic rings. The molecule has 4 atom stereocenters. The van der Waals surface area contributed by atoms with E-state index >= 15 is 0 Å². The molecule has 1 aliphatic heterocycles. The summed E-state index contributed by atoms with van der Waals surface area (Å²) in [5.41, 5.74) is -0.830. The van der Waals surface area contributed by atoms with Gasteiger partial charge in [-0.15, -0.1) is 23.5 Å². The largest absolute Gasteiger partial charge is 0.467 e. The number of imide groups is 1. The first-order valence-corrected chi connectivity index (χ1v) is 21.1. The molecule has 0 aliphatic carbocycles. The van der Waals surface area contributed by atoms with Crippen LogP contribution in [0.25, 0.3) is 10.8 Å². The van der Waals surface area contributed by atoms with Crippen LogP contribution in [0.15, 0.2) is 41.3 Å². The van der Waals surface area contributed by atoms with Crippen molar-refractivity contribution in [3.05, 3.63) is 36.4 Å². The summed E-state index contributed by atoms with van der Waals surface area (Å²) in [6, 6.07) is 9.00. The number of fused-ring (bicyclic) bond motifs is 1. The third-order valence-corrected chi connectivity index (χ3v) is 12.5. The van der Waals surface area contributed by atoms with Crippen LogP contribution >= 0.6 is 23.5 Å². The van der Waals surface area contributed by atoms with E-state index in [1.807, 2.05) is 31.1 Å². The average molecular weight is 825 g/mol. The number of Topliss-reactive ketones (excluding diaryl/α,β-unsaturated/α-hetero) is 1. The molecule has 0 saturated carbocycles. The molecule has 1 heterocycles. The number of nitrogens with zero attached hydrogens (tertiary/aromatic N) is 2. The van der Waals surface area contributed by atoms with Gasteiger partial charge in [-0.1, -0.05) is 24.3 Å². The van der Waals surface area contributed by atoms with Crippen molar-refractivity contribution in [2.75, 3.05) is 50.7 Å². The van der Waals surface area contributed by atoms with E-state index in [1.165, 1.54) is 13.0 Å². The van der Waals surface area contributed by atoms with Crippen LogP contribution < -0.4 is 14.9 Å². The number of methoxy groups -OCH3 is 1. The smallest absolute Gasteiger partial charge is 0.408 e. The van der Waals surface area contributed by atoms with Gasteiger partial charge < -0.3 is 24.4 Å². The summed E-state index contributed by atoms with van der Waals surface area (Å²) in [5.74, 6) is -4.06. The zero-order valence-electron chi connectivity index (χ0n) is 32.9. The van der Waals surface area contributed by atoms with Crippen molar-refractivity contribution in [3.63, 3.8) is 0 Å². The molecule has 0 aromatic heterocycles. The van der Waals surface area contributed by atoms with Crippen LogP contribution in [0.3, 0.4) is 0 Å². The number of carbonyl (C=O) groups excluding carboxylic acids is 6. The van der Waals surface area contributed by atoms with Gasteiger partial charge in [0, 0.05) is 61.1 Å². The summed E-state index contributed by atoms with van der Waals surface area (Å²) >= 11 is 1.92. The zero-order chi connectivity index (χ0) is 41.5. The van der Waals surface area contributed by atoms with Crippen LogP contribution in [-0.4, -0.2) is 122 Å². The molecule has 18 heteroatoms. The van der Waals surface area contributed by atoms with Crippen molar-refractivity contribution < 1.29 is 51.4 Å². The second-order valence-electron chi connectivity index (χ2n) is 15.1. The van der Waals surface area contributed by atoms with Crippen LogP contribution in [-0.2, 0) is 48.2 Å². The molecular formula is C37H52N4O11S3. The predicted octanol–water partition coefficient (Wildman–Crippen LogP) is 3.76. The molecule has 55 heavy (non-hydrogen) atoms. The lowest BCUT2D eigenvalue weighted by molar-refractivity contribution is -0.156. The number of benzene rings is 2. The van der Waals surface area contributed by atoms with Gasteiger partial charge in [0.05, 0.1) is 18.4 Å². The van der Waals surface area contributed by atoms with Gasteiger partial charge >= 0.3 is 18.0 Å². The lowest BCUT2D eigenvalue weighted by Crippen LogP contribution is -2.46. The molecule has 1 fully saturated rings. The van der Waals surface area contributed by atoms with Crippen LogP contribution in [0.5, 0.6) is 0 Å². The zero-order valence-corrected chi connectivity index (χ0v) is 35.4. The molecule has 2 aromatic carbocycles. The maximum absolute atomic E-state index is 13.9. The number of thioether (sulfide) groups is 2. The van der Waals surface area contributed by atoms with Crippen LogP contribution in [0.4, 0.5) is 10.5 Å². The minimum atomic E-state index is -4.11. The number of alkyl carbamates (subject to hydrolysis) is 1. The number of ether oxygens (including phenoxy) is 3. The minimum Gasteiger partial charge on any atom is -0.467 e. The van der Waals surface area contributed by atoms with E-state index in [0.717, 1.165) is 46.6 Å². The Labute approximate surface area is 331 Å². The van der Waals surface area contributed by atoms with E-state index in [9.17, 15) is 37.2 Å². The third kappa shape index (κ3) is 12.8. The van der Waals surface area contributed by atoms with Crippen LogP contribution in [0.2, 0.25) is 0 Å². The quantitative estimate of drug-likeness (QED) is 0.133. The number of hydrogen-bond donors (Lipinski definition) is 2. The summed E-state index contributed by atoms with van der Waals surface area (Å²) in [4.78, 5) is 81.1. The number of likely N-dealkylation sites (tertiary alicyclic amines) is 1. The average Bonchev–Trinajstić information content (AvgIpc) is 3.28. The normalized spacial score (nSPS) is 17.5. The number of hydrogen-bond acceptors (Lipinski definition) is 14. The Morgan fingerprint density at radius 2 is 1.44 bits per heavy atom. The Balaban J connectivity index is 1.85. The fourth-order valence-electron chi connectivity index (χ4n) is 5.56. The van der Waals surface area contributed by atoms with E-state index in [-0.39, 0.29) is 41.7 Å². The first kappa shape index (κ1) is 45.5. The Hall–Kier alpha value is -3.87. The molecule has 0 radical (unpaired) electrons. The fourth-order valence-corrected chi connectivity index (χ4v) is 9.80. The van der Waals surface area contributed by atoms with Crippen molar-refractivity contribution in [2.24, 2.45) is 5.92 Å². The maximum Gasteiger partial charge on any atom is 0.408 e. The number of amides is 3. The number of rotatable bonds is 17. The monoisotopic (exact) mass is 824 g/mol. The molecule has 15 nitrogen and oxygen atoms in total. The first-order valence-electron chi connectivity index (χ1n) is 17.5. The molecule has 3 rings (SSSR count).